The first-order valence-corrected chi connectivity index (χ1v) is 5.45. The first-order valence-electron chi connectivity index (χ1n) is 5.45. The number of ether oxygens (including phenoxy) is 1. The van der Waals surface area contributed by atoms with Gasteiger partial charge < -0.3 is 10.1 Å². The summed E-state index contributed by atoms with van der Waals surface area (Å²) in [7, 11) is 1.72. The minimum absolute atomic E-state index is 0.473. The quantitative estimate of drug-likeness (QED) is 0.797. The fourth-order valence-electron chi connectivity index (χ4n) is 1.47. The Morgan fingerprint density at radius 1 is 1.38 bits per heavy atom. The lowest BCUT2D eigenvalue weighted by Crippen LogP contribution is -2.15. The largest absolute Gasteiger partial charge is 0.385 e. The van der Waals surface area contributed by atoms with Crippen molar-refractivity contribution in [1.29, 1.82) is 5.26 Å². The van der Waals surface area contributed by atoms with Gasteiger partial charge in [-0.2, -0.15) is 5.26 Å². The molecule has 16 heavy (non-hydrogen) atoms. The van der Waals surface area contributed by atoms with Crippen LogP contribution in [-0.2, 0) is 11.2 Å². The molecule has 1 atom stereocenters. The van der Waals surface area contributed by atoms with Gasteiger partial charge in [0, 0.05) is 19.3 Å². The van der Waals surface area contributed by atoms with Crippen LogP contribution in [0.2, 0.25) is 0 Å². The van der Waals surface area contributed by atoms with E-state index in [2.05, 4.69) is 18.3 Å². The number of hydrogen-bond acceptors (Lipinski definition) is 3. The zero-order valence-corrected chi connectivity index (χ0v) is 9.86. The lowest BCUT2D eigenvalue weighted by molar-refractivity contribution is 0.164. The van der Waals surface area contributed by atoms with Gasteiger partial charge in [-0.05, 0) is 23.6 Å². The maximum Gasteiger partial charge on any atom is 0.0669 e. The van der Waals surface area contributed by atoms with Crippen LogP contribution < -0.4 is 5.32 Å². The van der Waals surface area contributed by atoms with Gasteiger partial charge in [-0.15, -0.1) is 0 Å². The van der Waals surface area contributed by atoms with Crippen molar-refractivity contribution in [2.24, 2.45) is 5.92 Å². The van der Waals surface area contributed by atoms with Gasteiger partial charge in [-0.25, -0.2) is 0 Å². The summed E-state index contributed by atoms with van der Waals surface area (Å²) >= 11 is 0. The Morgan fingerprint density at radius 2 is 2.06 bits per heavy atom. The van der Waals surface area contributed by atoms with E-state index in [1.807, 2.05) is 24.3 Å². The maximum atomic E-state index is 8.54. The third kappa shape index (κ3) is 4.33. The summed E-state index contributed by atoms with van der Waals surface area (Å²) in [5, 5.41) is 11.9. The Hall–Kier alpha value is -1.53. The van der Waals surface area contributed by atoms with Crippen molar-refractivity contribution in [1.82, 2.24) is 0 Å². The average Bonchev–Trinajstić information content (AvgIpc) is 2.29. The first kappa shape index (κ1) is 12.5. The fraction of sp³-hybridized carbons (Fsp3) is 0.462. The van der Waals surface area contributed by atoms with E-state index in [-0.39, 0.29) is 0 Å². The highest BCUT2D eigenvalue weighted by atomic mass is 16.5. The van der Waals surface area contributed by atoms with Gasteiger partial charge in [-0.1, -0.05) is 19.1 Å². The second-order valence-electron chi connectivity index (χ2n) is 3.97. The number of nitriles is 1. The van der Waals surface area contributed by atoms with Crippen LogP contribution in [0.5, 0.6) is 0 Å². The summed E-state index contributed by atoms with van der Waals surface area (Å²) in [5.74, 6) is 0.490. The van der Waals surface area contributed by atoms with Crippen LogP contribution in [0.1, 0.15) is 12.5 Å². The average molecular weight is 218 g/mol. The molecule has 0 heterocycles. The van der Waals surface area contributed by atoms with Gasteiger partial charge in [0.2, 0.25) is 0 Å². The number of nitrogens with one attached hydrogen (secondary N) is 1. The smallest absolute Gasteiger partial charge is 0.0669 e. The Morgan fingerprint density at radius 3 is 2.62 bits per heavy atom. The minimum Gasteiger partial charge on any atom is -0.385 e. The molecule has 3 nitrogen and oxygen atoms in total. The van der Waals surface area contributed by atoms with Crippen LogP contribution in [-0.4, -0.2) is 20.3 Å². The van der Waals surface area contributed by atoms with Gasteiger partial charge in [0.25, 0.3) is 0 Å². The summed E-state index contributed by atoms with van der Waals surface area (Å²) in [6, 6.07) is 10.1. The summed E-state index contributed by atoms with van der Waals surface area (Å²) in [6.07, 6.45) is 0.473. The van der Waals surface area contributed by atoms with Gasteiger partial charge in [0.05, 0.1) is 19.1 Å². The molecule has 0 aliphatic carbocycles. The number of benzene rings is 1. The topological polar surface area (TPSA) is 45.0 Å². The Bertz CT molecular complexity index is 340. The molecule has 86 valence electrons. The maximum absolute atomic E-state index is 8.54. The van der Waals surface area contributed by atoms with Crippen molar-refractivity contribution in [2.75, 3.05) is 25.6 Å². The molecule has 1 rings (SSSR count). The third-order valence-electron chi connectivity index (χ3n) is 2.34. The zero-order valence-electron chi connectivity index (χ0n) is 9.86. The highest BCUT2D eigenvalue weighted by Crippen LogP contribution is 2.10. The van der Waals surface area contributed by atoms with Gasteiger partial charge in [0.15, 0.2) is 0 Å². The SMILES string of the molecule is COCC(C)CNc1ccc(CC#N)cc1. The van der Waals surface area contributed by atoms with Gasteiger partial charge in [-0.3, -0.25) is 0 Å². The van der Waals surface area contributed by atoms with Crippen molar-refractivity contribution < 1.29 is 4.74 Å². The molecule has 0 radical (unpaired) electrons. The Kier molecular flexibility index (Phi) is 5.38. The normalized spacial score (nSPS) is 11.8. The van der Waals surface area contributed by atoms with E-state index >= 15 is 0 Å². The van der Waals surface area contributed by atoms with Crippen molar-refractivity contribution in [3.63, 3.8) is 0 Å². The predicted molar refractivity (Wildman–Crippen MR) is 65.3 cm³/mol. The van der Waals surface area contributed by atoms with Crippen LogP contribution in [0.3, 0.4) is 0 Å². The van der Waals surface area contributed by atoms with E-state index in [1.54, 1.807) is 7.11 Å². The molecule has 0 spiro atoms. The number of nitrogens with zero attached hydrogens (tertiary/aromatic N) is 1. The molecule has 1 N–H and O–H groups in total. The summed E-state index contributed by atoms with van der Waals surface area (Å²) in [4.78, 5) is 0. The van der Waals surface area contributed by atoms with E-state index in [0.717, 1.165) is 24.4 Å². The zero-order chi connectivity index (χ0) is 11.8. The first-order chi connectivity index (χ1) is 7.76. The number of rotatable bonds is 6. The molecule has 1 aromatic rings. The third-order valence-corrected chi connectivity index (χ3v) is 2.34. The standard InChI is InChI=1S/C13H18N2O/c1-11(10-16-2)9-15-13-5-3-12(4-6-13)7-8-14/h3-6,11,15H,7,9-10H2,1-2H3. The molecule has 0 saturated carbocycles. The monoisotopic (exact) mass is 218 g/mol. The Balaban J connectivity index is 2.40. The second kappa shape index (κ2) is 6.86. The molecular weight excluding hydrogens is 200 g/mol. The van der Waals surface area contributed by atoms with Crippen LogP contribution in [0.25, 0.3) is 0 Å². The van der Waals surface area contributed by atoms with Gasteiger partial charge >= 0.3 is 0 Å². The molecule has 3 heteroatoms. The van der Waals surface area contributed by atoms with Crippen LogP contribution >= 0.6 is 0 Å². The molecular formula is C13H18N2O. The van der Waals surface area contributed by atoms with E-state index in [4.69, 9.17) is 10.00 Å². The minimum atomic E-state index is 0.473. The fourth-order valence-corrected chi connectivity index (χ4v) is 1.47. The molecule has 0 aliphatic heterocycles. The second-order valence-corrected chi connectivity index (χ2v) is 3.97. The van der Waals surface area contributed by atoms with Crippen LogP contribution in [0, 0.1) is 17.2 Å². The highest BCUT2D eigenvalue weighted by Gasteiger charge is 2.00. The summed E-state index contributed by atoms with van der Waals surface area (Å²) < 4.78 is 5.07. The number of methoxy groups -OCH3 is 1. The molecule has 0 aliphatic rings. The van der Waals surface area contributed by atoms with E-state index in [0.29, 0.717) is 12.3 Å². The lowest BCUT2D eigenvalue weighted by atomic mass is 10.1. The van der Waals surface area contributed by atoms with Crippen molar-refractivity contribution in [3.8, 4) is 6.07 Å². The molecule has 0 amide bonds. The Labute approximate surface area is 97.0 Å². The molecule has 1 aromatic carbocycles. The predicted octanol–water partition coefficient (Wildman–Crippen LogP) is 2.45. The molecule has 0 aromatic heterocycles. The highest BCUT2D eigenvalue weighted by molar-refractivity contribution is 5.44. The summed E-state index contributed by atoms with van der Waals surface area (Å²) in [6.45, 7) is 3.80. The van der Waals surface area contributed by atoms with Crippen LogP contribution in [0.4, 0.5) is 5.69 Å². The lowest BCUT2D eigenvalue weighted by Gasteiger charge is -2.12. The van der Waals surface area contributed by atoms with Crippen molar-refractivity contribution >= 4 is 5.69 Å². The van der Waals surface area contributed by atoms with Crippen molar-refractivity contribution in [3.05, 3.63) is 29.8 Å². The number of anilines is 1. The van der Waals surface area contributed by atoms with Crippen LogP contribution in [0.15, 0.2) is 24.3 Å². The number of hydrogen-bond donors (Lipinski definition) is 1. The van der Waals surface area contributed by atoms with E-state index in [1.165, 1.54) is 0 Å². The molecule has 0 bridgehead atoms. The van der Waals surface area contributed by atoms with Gasteiger partial charge in [0.1, 0.15) is 0 Å². The molecule has 0 fully saturated rings. The van der Waals surface area contributed by atoms with Crippen molar-refractivity contribution in [2.45, 2.75) is 13.3 Å². The van der Waals surface area contributed by atoms with E-state index < -0.39 is 0 Å². The van der Waals surface area contributed by atoms with E-state index in [9.17, 15) is 0 Å². The summed E-state index contributed by atoms with van der Waals surface area (Å²) in [5.41, 5.74) is 2.14. The molecule has 0 saturated heterocycles. The molecule has 1 unspecified atom stereocenters.